The Balaban J connectivity index is 3.38. The van der Waals surface area contributed by atoms with Crippen LogP contribution in [-0.4, -0.2) is 31.7 Å². The van der Waals surface area contributed by atoms with Crippen LogP contribution in [0.4, 0.5) is 5.82 Å². The largest absolute Gasteiger partial charge is 0.373 e. The standard InChI is InChI=1S/C12H21N3O2S/c1-8(18(6,16)17)11-14-9(12(2,3)4)7-10(13-5)15-11/h7-8H,1-6H3,(H,13,14,15). The summed E-state index contributed by atoms with van der Waals surface area (Å²) in [5, 5.41) is 2.24. The van der Waals surface area contributed by atoms with Gasteiger partial charge in [0.2, 0.25) is 0 Å². The Morgan fingerprint density at radius 3 is 2.22 bits per heavy atom. The molecule has 0 bridgehead atoms. The second kappa shape index (κ2) is 4.84. The van der Waals surface area contributed by atoms with Crippen LogP contribution in [0.25, 0.3) is 0 Å². The Bertz CT molecular complexity index is 533. The van der Waals surface area contributed by atoms with E-state index in [-0.39, 0.29) is 5.41 Å². The minimum absolute atomic E-state index is 0.152. The van der Waals surface area contributed by atoms with Crippen LogP contribution in [0.5, 0.6) is 0 Å². The van der Waals surface area contributed by atoms with E-state index in [0.29, 0.717) is 11.6 Å². The quantitative estimate of drug-likeness (QED) is 0.909. The van der Waals surface area contributed by atoms with E-state index in [1.165, 1.54) is 6.26 Å². The summed E-state index contributed by atoms with van der Waals surface area (Å²) in [7, 11) is -1.44. The molecule has 0 radical (unpaired) electrons. The molecule has 1 aromatic heterocycles. The molecular formula is C12H21N3O2S. The molecule has 0 aliphatic rings. The van der Waals surface area contributed by atoms with Gasteiger partial charge in [0, 0.05) is 24.8 Å². The number of sulfone groups is 1. The van der Waals surface area contributed by atoms with Gasteiger partial charge in [-0.15, -0.1) is 0 Å². The van der Waals surface area contributed by atoms with Gasteiger partial charge in [-0.3, -0.25) is 0 Å². The van der Waals surface area contributed by atoms with Crippen LogP contribution < -0.4 is 5.32 Å². The lowest BCUT2D eigenvalue weighted by molar-refractivity contribution is 0.558. The molecule has 0 aromatic carbocycles. The first-order chi connectivity index (χ1) is 8.05. The lowest BCUT2D eigenvalue weighted by Gasteiger charge is -2.20. The van der Waals surface area contributed by atoms with Gasteiger partial charge in [0.25, 0.3) is 0 Å². The SMILES string of the molecule is CNc1cc(C(C)(C)C)nc(C(C)S(C)(=O)=O)n1. The monoisotopic (exact) mass is 271 g/mol. The first-order valence-corrected chi connectivity index (χ1v) is 7.77. The molecule has 1 heterocycles. The number of hydrogen-bond acceptors (Lipinski definition) is 5. The third-order valence-corrected chi connectivity index (χ3v) is 4.27. The third-order valence-electron chi connectivity index (χ3n) is 2.77. The molecule has 0 saturated carbocycles. The van der Waals surface area contributed by atoms with E-state index in [4.69, 9.17) is 0 Å². The van der Waals surface area contributed by atoms with E-state index in [2.05, 4.69) is 15.3 Å². The highest BCUT2D eigenvalue weighted by Crippen LogP contribution is 2.25. The van der Waals surface area contributed by atoms with Gasteiger partial charge in [0.1, 0.15) is 16.9 Å². The normalized spacial score (nSPS) is 14.3. The predicted octanol–water partition coefficient (Wildman–Crippen LogP) is 1.92. The summed E-state index contributed by atoms with van der Waals surface area (Å²) in [6.07, 6.45) is 1.20. The van der Waals surface area contributed by atoms with Crippen LogP contribution in [0.15, 0.2) is 6.07 Å². The maximum Gasteiger partial charge on any atom is 0.157 e. The predicted molar refractivity (Wildman–Crippen MR) is 73.5 cm³/mol. The molecule has 1 unspecified atom stereocenters. The molecule has 0 aliphatic carbocycles. The summed E-state index contributed by atoms with van der Waals surface area (Å²) in [5.41, 5.74) is 0.674. The van der Waals surface area contributed by atoms with Crippen molar-refractivity contribution in [1.82, 2.24) is 9.97 Å². The molecule has 0 saturated heterocycles. The average Bonchev–Trinajstić information content (AvgIpc) is 2.25. The molecule has 1 aromatic rings. The zero-order valence-corrected chi connectivity index (χ0v) is 12.6. The van der Waals surface area contributed by atoms with Crippen LogP contribution >= 0.6 is 0 Å². The molecule has 6 heteroatoms. The van der Waals surface area contributed by atoms with E-state index < -0.39 is 15.1 Å². The van der Waals surface area contributed by atoms with Crippen molar-refractivity contribution in [3.8, 4) is 0 Å². The van der Waals surface area contributed by atoms with Crippen molar-refractivity contribution in [3.05, 3.63) is 17.6 Å². The van der Waals surface area contributed by atoms with Crippen molar-refractivity contribution < 1.29 is 8.42 Å². The highest BCUT2D eigenvalue weighted by molar-refractivity contribution is 7.90. The van der Waals surface area contributed by atoms with Gasteiger partial charge in [-0.25, -0.2) is 18.4 Å². The topological polar surface area (TPSA) is 72.0 Å². The smallest absolute Gasteiger partial charge is 0.157 e. The molecule has 102 valence electrons. The van der Waals surface area contributed by atoms with E-state index in [0.717, 1.165) is 5.69 Å². The summed E-state index contributed by atoms with van der Waals surface area (Å²) < 4.78 is 23.2. The van der Waals surface area contributed by atoms with Gasteiger partial charge in [-0.2, -0.15) is 0 Å². The molecule has 1 rings (SSSR count). The van der Waals surface area contributed by atoms with Crippen LogP contribution in [0, 0.1) is 0 Å². The van der Waals surface area contributed by atoms with Crippen LogP contribution in [0.1, 0.15) is 44.5 Å². The van der Waals surface area contributed by atoms with Gasteiger partial charge >= 0.3 is 0 Å². The number of rotatable bonds is 3. The molecule has 1 N–H and O–H groups in total. The number of aromatic nitrogens is 2. The average molecular weight is 271 g/mol. The summed E-state index contributed by atoms with van der Waals surface area (Å²) in [4.78, 5) is 8.62. The van der Waals surface area contributed by atoms with E-state index in [9.17, 15) is 8.42 Å². The zero-order valence-electron chi connectivity index (χ0n) is 11.8. The molecule has 0 fully saturated rings. The van der Waals surface area contributed by atoms with Crippen molar-refractivity contribution in [2.75, 3.05) is 18.6 Å². The molecule has 0 aliphatic heterocycles. The van der Waals surface area contributed by atoms with Gasteiger partial charge in [0.05, 0.1) is 5.69 Å². The zero-order chi connectivity index (χ0) is 14.1. The van der Waals surface area contributed by atoms with Crippen molar-refractivity contribution in [2.24, 2.45) is 0 Å². The van der Waals surface area contributed by atoms with Crippen molar-refractivity contribution >= 4 is 15.7 Å². The van der Waals surface area contributed by atoms with Gasteiger partial charge in [-0.05, 0) is 6.92 Å². The Hall–Kier alpha value is -1.17. The number of anilines is 1. The lowest BCUT2D eigenvalue weighted by atomic mass is 9.92. The molecule has 18 heavy (non-hydrogen) atoms. The molecule has 0 spiro atoms. The lowest BCUT2D eigenvalue weighted by Crippen LogP contribution is -2.19. The fraction of sp³-hybridized carbons (Fsp3) is 0.667. The minimum atomic E-state index is -3.20. The van der Waals surface area contributed by atoms with Gasteiger partial charge in [-0.1, -0.05) is 20.8 Å². The maximum atomic E-state index is 11.6. The summed E-state index contributed by atoms with van der Waals surface area (Å²) >= 11 is 0. The molecule has 1 atom stereocenters. The van der Waals surface area contributed by atoms with Gasteiger partial charge < -0.3 is 5.32 Å². The summed E-state index contributed by atoms with van der Waals surface area (Å²) in [6.45, 7) is 7.70. The Morgan fingerprint density at radius 2 is 1.83 bits per heavy atom. The fourth-order valence-electron chi connectivity index (χ4n) is 1.35. The van der Waals surface area contributed by atoms with Crippen molar-refractivity contribution in [1.29, 1.82) is 0 Å². The van der Waals surface area contributed by atoms with Crippen molar-refractivity contribution in [2.45, 2.75) is 38.4 Å². The summed E-state index contributed by atoms with van der Waals surface area (Å²) in [5.74, 6) is 0.981. The highest BCUT2D eigenvalue weighted by Gasteiger charge is 2.24. The van der Waals surface area contributed by atoms with E-state index in [1.54, 1.807) is 14.0 Å². The van der Waals surface area contributed by atoms with Crippen LogP contribution in [0.3, 0.4) is 0 Å². The van der Waals surface area contributed by atoms with Crippen molar-refractivity contribution in [3.63, 3.8) is 0 Å². The van der Waals surface area contributed by atoms with Gasteiger partial charge in [0.15, 0.2) is 9.84 Å². The number of nitrogens with one attached hydrogen (secondary N) is 1. The second-order valence-electron chi connectivity index (χ2n) is 5.47. The van der Waals surface area contributed by atoms with Crippen LogP contribution in [0.2, 0.25) is 0 Å². The Labute approximate surface area is 109 Å². The summed E-state index contributed by atoms with van der Waals surface area (Å²) in [6, 6.07) is 1.85. The van der Waals surface area contributed by atoms with E-state index >= 15 is 0 Å². The fourth-order valence-corrected chi connectivity index (χ4v) is 1.84. The Kier molecular flexibility index (Phi) is 4.00. The second-order valence-corrected chi connectivity index (χ2v) is 7.83. The first kappa shape index (κ1) is 14.9. The number of nitrogens with zero attached hydrogens (tertiary/aromatic N) is 2. The van der Waals surface area contributed by atoms with E-state index in [1.807, 2.05) is 26.8 Å². The maximum absolute atomic E-state index is 11.6. The molecular weight excluding hydrogens is 250 g/mol. The molecule has 5 nitrogen and oxygen atoms in total. The van der Waals surface area contributed by atoms with Crippen LogP contribution in [-0.2, 0) is 15.3 Å². The molecule has 0 amide bonds. The Morgan fingerprint density at radius 1 is 1.28 bits per heavy atom. The minimum Gasteiger partial charge on any atom is -0.373 e. The third kappa shape index (κ3) is 3.41. The number of hydrogen-bond donors (Lipinski definition) is 1. The first-order valence-electron chi connectivity index (χ1n) is 5.82. The highest BCUT2D eigenvalue weighted by atomic mass is 32.2.